The summed E-state index contributed by atoms with van der Waals surface area (Å²) in [6.07, 6.45) is 0. The van der Waals surface area contributed by atoms with Crippen LogP contribution in [0.4, 0.5) is 11.4 Å². The number of piperazine rings is 1. The summed E-state index contributed by atoms with van der Waals surface area (Å²) in [5.74, 6) is 0.605. The number of anilines is 2. The predicted octanol–water partition coefficient (Wildman–Crippen LogP) is 3.77. The average molecular weight is 450 g/mol. The number of likely N-dealkylation sites (N-methyl/N-ethyl adjacent to an activating group) is 1. The van der Waals surface area contributed by atoms with E-state index in [1.165, 1.54) is 4.31 Å². The van der Waals surface area contributed by atoms with Gasteiger partial charge in [0.25, 0.3) is 10.0 Å². The number of sulfonamides is 1. The molecule has 7 heteroatoms. The molecule has 0 spiro atoms. The second-order valence-electron chi connectivity index (χ2n) is 8.29. The lowest BCUT2D eigenvalue weighted by molar-refractivity contribution is 0.275. The SMILES string of the molecule is CN1CCN(c2ccc3c(c2)OCC(c2ccccc2)N3S(=O)(=O)c2ccccc2)CC1. The van der Waals surface area contributed by atoms with E-state index in [1.54, 1.807) is 24.3 Å². The zero-order chi connectivity index (χ0) is 22.1. The fourth-order valence-electron chi connectivity index (χ4n) is 4.38. The lowest BCUT2D eigenvalue weighted by Gasteiger charge is -2.39. The Hall–Kier alpha value is -3.03. The number of hydrogen-bond acceptors (Lipinski definition) is 5. The number of benzene rings is 3. The van der Waals surface area contributed by atoms with Gasteiger partial charge < -0.3 is 14.5 Å². The largest absolute Gasteiger partial charge is 0.489 e. The molecule has 1 unspecified atom stereocenters. The number of nitrogens with zero attached hydrogens (tertiary/aromatic N) is 3. The summed E-state index contributed by atoms with van der Waals surface area (Å²) < 4.78 is 35.3. The Bertz CT molecular complexity index is 1180. The molecule has 2 aliphatic rings. The Morgan fingerprint density at radius 2 is 1.50 bits per heavy atom. The molecule has 0 aromatic heterocycles. The molecule has 0 aliphatic carbocycles. The summed E-state index contributed by atoms with van der Waals surface area (Å²) in [4.78, 5) is 4.91. The van der Waals surface area contributed by atoms with Gasteiger partial charge >= 0.3 is 0 Å². The van der Waals surface area contributed by atoms with E-state index in [2.05, 4.69) is 16.8 Å². The van der Waals surface area contributed by atoms with Gasteiger partial charge in [-0.05, 0) is 36.9 Å². The Kier molecular flexibility index (Phi) is 5.53. The highest BCUT2D eigenvalue weighted by Crippen LogP contribution is 2.44. The first-order valence-electron chi connectivity index (χ1n) is 10.9. The van der Waals surface area contributed by atoms with Crippen molar-refractivity contribution < 1.29 is 13.2 Å². The molecule has 32 heavy (non-hydrogen) atoms. The van der Waals surface area contributed by atoms with Crippen LogP contribution in [0.2, 0.25) is 0 Å². The van der Waals surface area contributed by atoms with Crippen molar-refractivity contribution in [2.24, 2.45) is 0 Å². The Labute approximate surface area is 189 Å². The third-order valence-corrected chi connectivity index (χ3v) is 8.05. The van der Waals surface area contributed by atoms with Crippen LogP contribution in [0.1, 0.15) is 11.6 Å². The minimum absolute atomic E-state index is 0.259. The van der Waals surface area contributed by atoms with Crippen LogP contribution < -0.4 is 13.9 Å². The topological polar surface area (TPSA) is 53.1 Å². The predicted molar refractivity (Wildman–Crippen MR) is 127 cm³/mol. The monoisotopic (exact) mass is 449 g/mol. The van der Waals surface area contributed by atoms with Crippen molar-refractivity contribution in [2.75, 3.05) is 49.0 Å². The molecule has 2 heterocycles. The normalized spacial score (nSPS) is 19.3. The number of ether oxygens (including phenoxy) is 1. The minimum Gasteiger partial charge on any atom is -0.489 e. The van der Waals surface area contributed by atoms with E-state index in [-0.39, 0.29) is 11.5 Å². The van der Waals surface area contributed by atoms with Gasteiger partial charge in [0.15, 0.2) is 0 Å². The molecule has 0 N–H and O–H groups in total. The standard InChI is InChI=1S/C25H27N3O3S/c1-26-14-16-27(17-15-26)21-12-13-23-25(18-21)31-19-24(20-8-4-2-5-9-20)28(23)32(29,30)22-10-6-3-7-11-22/h2-13,18,24H,14-17,19H2,1H3. The highest BCUT2D eigenvalue weighted by Gasteiger charge is 2.38. The summed E-state index contributed by atoms with van der Waals surface area (Å²) in [7, 11) is -1.66. The Morgan fingerprint density at radius 1 is 0.844 bits per heavy atom. The first kappa shape index (κ1) is 20.8. The van der Waals surface area contributed by atoms with E-state index in [0.29, 0.717) is 11.4 Å². The van der Waals surface area contributed by atoms with Gasteiger partial charge in [-0.3, -0.25) is 4.31 Å². The molecule has 3 aromatic carbocycles. The summed E-state index contributed by atoms with van der Waals surface area (Å²) >= 11 is 0. The lowest BCUT2D eigenvalue weighted by Crippen LogP contribution is -2.44. The third-order valence-electron chi connectivity index (χ3n) is 6.21. The van der Waals surface area contributed by atoms with Gasteiger partial charge in [0.05, 0.1) is 10.6 Å². The molecule has 0 saturated carbocycles. The maximum atomic E-state index is 13.8. The van der Waals surface area contributed by atoms with E-state index >= 15 is 0 Å². The van der Waals surface area contributed by atoms with Gasteiger partial charge in [0.2, 0.25) is 0 Å². The van der Waals surface area contributed by atoms with Crippen LogP contribution >= 0.6 is 0 Å². The average Bonchev–Trinajstić information content (AvgIpc) is 2.84. The second kappa shape index (κ2) is 8.48. The Morgan fingerprint density at radius 3 is 2.19 bits per heavy atom. The van der Waals surface area contributed by atoms with Gasteiger partial charge in [-0.25, -0.2) is 8.42 Å². The zero-order valence-corrected chi connectivity index (χ0v) is 18.9. The van der Waals surface area contributed by atoms with Crippen LogP contribution in [0.25, 0.3) is 0 Å². The van der Waals surface area contributed by atoms with Crippen LogP contribution in [-0.2, 0) is 10.0 Å². The van der Waals surface area contributed by atoms with Gasteiger partial charge in [0, 0.05) is 37.9 Å². The molecule has 166 valence electrons. The molecular weight excluding hydrogens is 422 g/mol. The van der Waals surface area contributed by atoms with Crippen LogP contribution in [0.3, 0.4) is 0 Å². The van der Waals surface area contributed by atoms with E-state index in [0.717, 1.165) is 37.4 Å². The molecule has 1 atom stereocenters. The van der Waals surface area contributed by atoms with Crippen LogP contribution in [0.5, 0.6) is 5.75 Å². The first-order valence-corrected chi connectivity index (χ1v) is 12.3. The molecule has 0 bridgehead atoms. The third kappa shape index (κ3) is 3.82. The van der Waals surface area contributed by atoms with Crippen molar-refractivity contribution in [3.05, 3.63) is 84.4 Å². The minimum atomic E-state index is -3.78. The highest BCUT2D eigenvalue weighted by molar-refractivity contribution is 7.92. The fourth-order valence-corrected chi connectivity index (χ4v) is 6.03. The smallest absolute Gasteiger partial charge is 0.265 e. The fraction of sp³-hybridized carbons (Fsp3) is 0.280. The molecule has 5 rings (SSSR count). The molecule has 3 aromatic rings. The second-order valence-corrected chi connectivity index (χ2v) is 10.1. The van der Waals surface area contributed by atoms with Gasteiger partial charge in [-0.1, -0.05) is 48.5 Å². The van der Waals surface area contributed by atoms with Crippen molar-refractivity contribution in [3.63, 3.8) is 0 Å². The number of fused-ring (bicyclic) bond motifs is 1. The quantitative estimate of drug-likeness (QED) is 0.607. The summed E-state index contributed by atoms with van der Waals surface area (Å²) in [6.45, 7) is 4.14. The van der Waals surface area contributed by atoms with Crippen molar-refractivity contribution in [1.82, 2.24) is 4.90 Å². The molecular formula is C25H27N3O3S. The van der Waals surface area contributed by atoms with E-state index in [9.17, 15) is 8.42 Å². The summed E-state index contributed by atoms with van der Waals surface area (Å²) in [5.41, 5.74) is 2.54. The molecule has 1 fully saturated rings. The highest BCUT2D eigenvalue weighted by atomic mass is 32.2. The van der Waals surface area contributed by atoms with Gasteiger partial charge in [-0.2, -0.15) is 0 Å². The molecule has 0 amide bonds. The Balaban J connectivity index is 1.58. The van der Waals surface area contributed by atoms with Crippen molar-refractivity contribution in [3.8, 4) is 5.75 Å². The van der Waals surface area contributed by atoms with Crippen LogP contribution in [-0.4, -0.2) is 53.2 Å². The van der Waals surface area contributed by atoms with Gasteiger partial charge in [0.1, 0.15) is 18.4 Å². The maximum Gasteiger partial charge on any atom is 0.265 e. The molecule has 2 aliphatic heterocycles. The number of hydrogen-bond donors (Lipinski definition) is 0. The molecule has 0 radical (unpaired) electrons. The zero-order valence-electron chi connectivity index (χ0n) is 18.1. The van der Waals surface area contributed by atoms with E-state index in [4.69, 9.17) is 4.74 Å². The van der Waals surface area contributed by atoms with Crippen molar-refractivity contribution in [2.45, 2.75) is 10.9 Å². The first-order chi connectivity index (χ1) is 15.5. The van der Waals surface area contributed by atoms with Crippen molar-refractivity contribution >= 4 is 21.4 Å². The molecule has 6 nitrogen and oxygen atoms in total. The van der Waals surface area contributed by atoms with Crippen LogP contribution in [0, 0.1) is 0 Å². The lowest BCUT2D eigenvalue weighted by atomic mass is 10.1. The summed E-state index contributed by atoms with van der Waals surface area (Å²) in [5, 5.41) is 0. The maximum absolute atomic E-state index is 13.8. The van der Waals surface area contributed by atoms with Crippen molar-refractivity contribution in [1.29, 1.82) is 0 Å². The number of rotatable bonds is 4. The summed E-state index contributed by atoms with van der Waals surface area (Å²) in [6, 6.07) is 23.7. The molecule has 1 saturated heterocycles. The van der Waals surface area contributed by atoms with Gasteiger partial charge in [-0.15, -0.1) is 0 Å². The van der Waals surface area contributed by atoms with Crippen LogP contribution in [0.15, 0.2) is 83.8 Å². The van der Waals surface area contributed by atoms with E-state index < -0.39 is 16.1 Å². The van der Waals surface area contributed by atoms with E-state index in [1.807, 2.05) is 54.6 Å².